The molecule has 5 heterocycles. The van der Waals surface area contributed by atoms with Crippen molar-refractivity contribution in [2.45, 2.75) is 27.7 Å². The quantitative estimate of drug-likeness (QED) is 0.148. The van der Waals surface area contributed by atoms with Crippen molar-refractivity contribution in [3.05, 3.63) is 217 Å². The molecule has 13 rings (SSSR count). The summed E-state index contributed by atoms with van der Waals surface area (Å²) in [6.45, 7) is 7.64. The molecule has 0 aliphatic rings. The van der Waals surface area contributed by atoms with Gasteiger partial charge in [0.1, 0.15) is 23.3 Å². The van der Waals surface area contributed by atoms with E-state index in [1.165, 1.54) is 0 Å². The molecule has 0 atom stereocenters. The highest BCUT2D eigenvalue weighted by Gasteiger charge is 2.23. The van der Waals surface area contributed by atoms with Gasteiger partial charge in [-0.05, 0) is 100 Å². The van der Waals surface area contributed by atoms with Crippen molar-refractivity contribution >= 4 is 43.6 Å². The van der Waals surface area contributed by atoms with Gasteiger partial charge in [-0.2, -0.15) is 0 Å². The van der Waals surface area contributed by atoms with Gasteiger partial charge in [0.2, 0.25) is 0 Å². The SMILES string of the molecule is Cc1nc(C)nc(-c2ccc3c(c2)c2ccccc2n3-c2ccccc2-c2cc(-c3cc(-c4ccccc4)nc(-c4ccccc4)n3)ccc2-n2c3ccccc3c3cc(-c4nc(C)nc(C)n4)ccc32)n1. The third-order valence-corrected chi connectivity index (χ3v) is 13.4. The minimum absolute atomic E-state index is 0.657. The maximum atomic E-state index is 5.32. The Morgan fingerprint density at radius 1 is 0.264 bits per heavy atom. The third-order valence-electron chi connectivity index (χ3n) is 13.4. The number of nitrogens with zero attached hydrogens (tertiary/aromatic N) is 10. The summed E-state index contributed by atoms with van der Waals surface area (Å²) >= 11 is 0. The van der Waals surface area contributed by atoms with Crippen molar-refractivity contribution in [1.29, 1.82) is 0 Å². The molecule has 10 nitrogen and oxygen atoms in total. The van der Waals surface area contributed by atoms with E-state index in [-0.39, 0.29) is 0 Å². The molecule has 0 aliphatic carbocycles. The van der Waals surface area contributed by atoms with Crippen molar-refractivity contribution < 1.29 is 0 Å². The number of aryl methyl sites for hydroxylation is 4. The van der Waals surface area contributed by atoms with E-state index in [2.05, 4.69) is 177 Å². The van der Waals surface area contributed by atoms with E-state index in [1.807, 2.05) is 64.1 Å². The summed E-state index contributed by atoms with van der Waals surface area (Å²) in [5.74, 6) is 4.74. The van der Waals surface area contributed by atoms with Gasteiger partial charge in [-0.25, -0.2) is 39.9 Å². The molecule has 5 aromatic heterocycles. The molecule has 8 aromatic carbocycles. The standard InChI is InChI=1S/C62H44N10/c1-37-63-38(2)66-61(65-37)44-28-31-58-50(34-44)47-22-12-15-25-55(47)71(58)54-24-14-11-21-46(54)49-33-43(53-36-52(41-17-7-5-8-18-41)69-60(70-53)42-19-9-6-10-20-42)27-30-57(49)72-56-26-16-13-23-48(56)51-35-45(29-32-59(51)72)62-67-39(3)64-40(4)68-62/h5-36H,1-4H3. The topological polar surface area (TPSA) is 113 Å². The van der Waals surface area contributed by atoms with Crippen LogP contribution in [-0.4, -0.2) is 49.0 Å². The van der Waals surface area contributed by atoms with Crippen molar-refractivity contribution in [1.82, 2.24) is 49.0 Å². The van der Waals surface area contributed by atoms with E-state index in [9.17, 15) is 0 Å². The van der Waals surface area contributed by atoms with Crippen LogP contribution in [0.2, 0.25) is 0 Å². The second kappa shape index (κ2) is 17.1. The lowest BCUT2D eigenvalue weighted by molar-refractivity contribution is 0.928. The molecular formula is C62H44N10. The van der Waals surface area contributed by atoms with Gasteiger partial charge in [0.05, 0.1) is 44.8 Å². The van der Waals surface area contributed by atoms with E-state index in [4.69, 9.17) is 29.9 Å². The minimum Gasteiger partial charge on any atom is -0.309 e. The molecular weight excluding hydrogens is 885 g/mol. The van der Waals surface area contributed by atoms with Gasteiger partial charge in [-0.15, -0.1) is 0 Å². The van der Waals surface area contributed by atoms with Crippen molar-refractivity contribution in [3.8, 4) is 79.2 Å². The van der Waals surface area contributed by atoms with Gasteiger partial charge in [0, 0.05) is 60.5 Å². The zero-order chi connectivity index (χ0) is 48.5. The fraction of sp³-hybridized carbons (Fsp3) is 0.0645. The lowest BCUT2D eigenvalue weighted by Crippen LogP contribution is -2.03. The number of hydrogen-bond acceptors (Lipinski definition) is 8. The summed E-state index contributed by atoms with van der Waals surface area (Å²) in [4.78, 5) is 38.4. The number of rotatable bonds is 8. The van der Waals surface area contributed by atoms with Crippen LogP contribution in [0.4, 0.5) is 0 Å². The Balaban J connectivity index is 1.08. The summed E-state index contributed by atoms with van der Waals surface area (Å²) in [5.41, 5.74) is 14.9. The summed E-state index contributed by atoms with van der Waals surface area (Å²) in [7, 11) is 0. The van der Waals surface area contributed by atoms with E-state index in [0.717, 1.165) is 105 Å². The molecule has 0 aliphatic heterocycles. The van der Waals surface area contributed by atoms with Crippen LogP contribution in [0, 0.1) is 27.7 Å². The number of para-hydroxylation sites is 3. The van der Waals surface area contributed by atoms with Crippen LogP contribution in [0.25, 0.3) is 123 Å². The molecule has 0 unspecified atom stereocenters. The first kappa shape index (κ1) is 42.6. The zero-order valence-electron chi connectivity index (χ0n) is 39.9. The summed E-state index contributed by atoms with van der Waals surface area (Å²) in [6, 6.07) is 68.5. The Morgan fingerprint density at radius 3 is 1.24 bits per heavy atom. The molecule has 10 heteroatoms. The molecule has 0 saturated heterocycles. The fourth-order valence-electron chi connectivity index (χ4n) is 10.3. The Morgan fingerprint density at radius 2 is 0.681 bits per heavy atom. The second-order valence-electron chi connectivity index (χ2n) is 18.1. The molecule has 0 spiro atoms. The molecule has 0 saturated carbocycles. The van der Waals surface area contributed by atoms with E-state index in [0.29, 0.717) is 40.8 Å². The van der Waals surface area contributed by atoms with Crippen molar-refractivity contribution in [2.75, 3.05) is 0 Å². The van der Waals surface area contributed by atoms with Crippen LogP contribution >= 0.6 is 0 Å². The normalized spacial score (nSPS) is 11.6. The first-order chi connectivity index (χ1) is 35.3. The number of aromatic nitrogens is 10. The zero-order valence-corrected chi connectivity index (χ0v) is 39.9. The smallest absolute Gasteiger partial charge is 0.163 e. The third kappa shape index (κ3) is 7.36. The molecule has 0 N–H and O–H groups in total. The number of hydrogen-bond donors (Lipinski definition) is 0. The van der Waals surface area contributed by atoms with E-state index < -0.39 is 0 Å². The van der Waals surface area contributed by atoms with Gasteiger partial charge >= 0.3 is 0 Å². The first-order valence-electron chi connectivity index (χ1n) is 24.0. The predicted molar refractivity (Wildman–Crippen MR) is 289 cm³/mol. The highest BCUT2D eigenvalue weighted by molar-refractivity contribution is 6.12. The first-order valence-corrected chi connectivity index (χ1v) is 24.0. The summed E-state index contributed by atoms with van der Waals surface area (Å²) < 4.78 is 4.79. The number of benzene rings is 8. The minimum atomic E-state index is 0.657. The molecule has 13 aromatic rings. The molecule has 0 amide bonds. The van der Waals surface area contributed by atoms with Crippen LogP contribution < -0.4 is 0 Å². The molecule has 0 radical (unpaired) electrons. The molecule has 0 fully saturated rings. The molecule has 72 heavy (non-hydrogen) atoms. The van der Waals surface area contributed by atoms with Crippen LogP contribution in [0.3, 0.4) is 0 Å². The Kier molecular flexibility index (Phi) is 10.1. The van der Waals surface area contributed by atoms with Gasteiger partial charge in [-0.1, -0.05) is 121 Å². The highest BCUT2D eigenvalue weighted by atomic mass is 15.0. The average Bonchev–Trinajstić information content (AvgIpc) is 3.92. The molecule has 342 valence electrons. The number of fused-ring (bicyclic) bond motifs is 6. The second-order valence-corrected chi connectivity index (χ2v) is 18.1. The van der Waals surface area contributed by atoms with Gasteiger partial charge in [0.25, 0.3) is 0 Å². The fourth-order valence-corrected chi connectivity index (χ4v) is 10.3. The van der Waals surface area contributed by atoms with Gasteiger partial charge < -0.3 is 9.13 Å². The van der Waals surface area contributed by atoms with E-state index in [1.54, 1.807) is 0 Å². The van der Waals surface area contributed by atoms with Crippen LogP contribution in [0.5, 0.6) is 0 Å². The maximum Gasteiger partial charge on any atom is 0.163 e. The van der Waals surface area contributed by atoms with Crippen molar-refractivity contribution in [2.24, 2.45) is 0 Å². The van der Waals surface area contributed by atoms with Crippen LogP contribution in [0.15, 0.2) is 194 Å². The highest BCUT2D eigenvalue weighted by Crippen LogP contribution is 2.43. The Hall–Kier alpha value is -9.54. The average molecular weight is 929 g/mol. The van der Waals surface area contributed by atoms with E-state index >= 15 is 0 Å². The summed E-state index contributed by atoms with van der Waals surface area (Å²) in [6.07, 6.45) is 0. The van der Waals surface area contributed by atoms with Crippen LogP contribution in [0.1, 0.15) is 23.3 Å². The lowest BCUT2D eigenvalue weighted by atomic mass is 9.96. The monoisotopic (exact) mass is 928 g/mol. The lowest BCUT2D eigenvalue weighted by Gasteiger charge is -2.20. The Bertz CT molecular complexity index is 4170. The van der Waals surface area contributed by atoms with Gasteiger partial charge in [0.15, 0.2) is 17.5 Å². The van der Waals surface area contributed by atoms with Crippen LogP contribution in [-0.2, 0) is 0 Å². The predicted octanol–water partition coefficient (Wildman–Crippen LogP) is 14.3. The van der Waals surface area contributed by atoms with Crippen molar-refractivity contribution in [3.63, 3.8) is 0 Å². The van der Waals surface area contributed by atoms with Gasteiger partial charge in [-0.3, -0.25) is 0 Å². The maximum absolute atomic E-state index is 5.32. The largest absolute Gasteiger partial charge is 0.309 e. The molecule has 0 bridgehead atoms. The summed E-state index contributed by atoms with van der Waals surface area (Å²) in [5, 5.41) is 4.45. The Labute approximate surface area is 415 Å².